The van der Waals surface area contributed by atoms with Gasteiger partial charge in [0.1, 0.15) is 0 Å². The van der Waals surface area contributed by atoms with E-state index in [-0.39, 0.29) is 0 Å². The van der Waals surface area contributed by atoms with Crippen LogP contribution in [0.4, 0.5) is 0 Å². The van der Waals surface area contributed by atoms with Crippen molar-refractivity contribution >= 4 is 0 Å². The molecule has 1 aliphatic rings. The van der Waals surface area contributed by atoms with E-state index in [1.807, 2.05) is 0 Å². The van der Waals surface area contributed by atoms with E-state index in [1.54, 1.807) is 0 Å². The first-order valence-electron chi connectivity index (χ1n) is 6.29. The van der Waals surface area contributed by atoms with Crippen LogP contribution >= 0.6 is 0 Å². The van der Waals surface area contributed by atoms with Gasteiger partial charge in [0.2, 0.25) is 0 Å². The first-order valence-corrected chi connectivity index (χ1v) is 6.29. The molecule has 0 heteroatoms. The summed E-state index contributed by atoms with van der Waals surface area (Å²) in [7, 11) is 0. The lowest BCUT2D eigenvalue weighted by molar-refractivity contribution is -0.0201. The van der Waals surface area contributed by atoms with E-state index in [0.29, 0.717) is 10.8 Å². The summed E-state index contributed by atoms with van der Waals surface area (Å²) in [6, 6.07) is 0. The molecule has 0 saturated heterocycles. The second-order valence-corrected chi connectivity index (χ2v) is 6.74. The molecule has 0 atom stereocenters. The van der Waals surface area contributed by atoms with Crippen LogP contribution in [0.2, 0.25) is 0 Å². The Morgan fingerprint density at radius 2 is 1.50 bits per heavy atom. The second kappa shape index (κ2) is 3.87. The van der Waals surface area contributed by atoms with Crippen molar-refractivity contribution in [2.75, 3.05) is 0 Å². The Bertz CT molecular complexity index is 175. The van der Waals surface area contributed by atoms with Crippen molar-refractivity contribution in [3.8, 4) is 0 Å². The summed E-state index contributed by atoms with van der Waals surface area (Å²) in [6.07, 6.45) is 5.76. The van der Waals surface area contributed by atoms with Crippen molar-refractivity contribution in [1.82, 2.24) is 0 Å². The minimum atomic E-state index is 0.474. The topological polar surface area (TPSA) is 0 Å². The van der Waals surface area contributed by atoms with Crippen LogP contribution in [0.3, 0.4) is 0 Å². The number of rotatable bonds is 1. The largest absolute Gasteiger partial charge is 0.0625 e. The van der Waals surface area contributed by atoms with Gasteiger partial charge in [0.25, 0.3) is 0 Å². The van der Waals surface area contributed by atoms with E-state index in [9.17, 15) is 0 Å². The normalized spacial score (nSPS) is 34.9. The van der Waals surface area contributed by atoms with Gasteiger partial charge < -0.3 is 0 Å². The monoisotopic (exact) mass is 196 g/mol. The van der Waals surface area contributed by atoms with Gasteiger partial charge in [0.15, 0.2) is 0 Å². The van der Waals surface area contributed by atoms with Crippen LogP contribution in [0.5, 0.6) is 0 Å². The van der Waals surface area contributed by atoms with Gasteiger partial charge >= 0.3 is 0 Å². The highest BCUT2D eigenvalue weighted by atomic mass is 14.5. The Morgan fingerprint density at radius 3 is 1.79 bits per heavy atom. The zero-order valence-electron chi connectivity index (χ0n) is 11.0. The molecule has 0 bridgehead atoms. The number of hydrogen-bond donors (Lipinski definition) is 0. The van der Waals surface area contributed by atoms with E-state index < -0.39 is 0 Å². The fraction of sp³-hybridized carbons (Fsp3) is 1.00. The van der Waals surface area contributed by atoms with Crippen molar-refractivity contribution < 1.29 is 0 Å². The summed E-state index contributed by atoms with van der Waals surface area (Å²) in [4.78, 5) is 0. The summed E-state index contributed by atoms with van der Waals surface area (Å²) in [5.74, 6) is 1.79. The molecule has 0 amide bonds. The average Bonchev–Trinajstić information content (AvgIpc) is 2.02. The first-order chi connectivity index (χ1) is 6.29. The van der Waals surface area contributed by atoms with Gasteiger partial charge in [-0.15, -0.1) is 0 Å². The summed E-state index contributed by atoms with van der Waals surface area (Å²) in [6.45, 7) is 14.5. The van der Waals surface area contributed by atoms with Crippen molar-refractivity contribution in [1.29, 1.82) is 0 Å². The van der Waals surface area contributed by atoms with E-state index >= 15 is 0 Å². The summed E-state index contributed by atoms with van der Waals surface area (Å²) >= 11 is 0. The van der Waals surface area contributed by atoms with E-state index in [0.717, 1.165) is 11.8 Å². The van der Waals surface area contributed by atoms with E-state index in [1.165, 1.54) is 25.7 Å². The fourth-order valence-electron chi connectivity index (χ4n) is 3.47. The molecule has 0 N–H and O–H groups in total. The summed E-state index contributed by atoms with van der Waals surface area (Å²) in [5.41, 5.74) is 1.07. The third kappa shape index (κ3) is 1.99. The second-order valence-electron chi connectivity index (χ2n) is 6.74. The molecule has 14 heavy (non-hydrogen) atoms. The van der Waals surface area contributed by atoms with Gasteiger partial charge in [-0.25, -0.2) is 0 Å². The highest BCUT2D eigenvalue weighted by Gasteiger charge is 2.45. The van der Waals surface area contributed by atoms with Gasteiger partial charge in [-0.3, -0.25) is 0 Å². The maximum absolute atomic E-state index is 2.43. The molecule has 84 valence electrons. The lowest BCUT2D eigenvalue weighted by Gasteiger charge is -2.52. The SMILES string of the molecule is CC1CCC(C(C)C)(C(C)(C)C)CC1. The summed E-state index contributed by atoms with van der Waals surface area (Å²) in [5, 5.41) is 0. The van der Waals surface area contributed by atoms with Crippen LogP contribution in [-0.2, 0) is 0 Å². The van der Waals surface area contributed by atoms with Crippen LogP contribution in [0.1, 0.15) is 67.2 Å². The third-order valence-corrected chi connectivity index (χ3v) is 4.77. The summed E-state index contributed by atoms with van der Waals surface area (Å²) < 4.78 is 0. The lowest BCUT2D eigenvalue weighted by atomic mass is 9.53. The molecule has 1 saturated carbocycles. The Hall–Kier alpha value is 0. The molecule has 0 aliphatic heterocycles. The van der Waals surface area contributed by atoms with Crippen molar-refractivity contribution in [2.24, 2.45) is 22.7 Å². The first kappa shape index (κ1) is 12.1. The van der Waals surface area contributed by atoms with Crippen LogP contribution in [-0.4, -0.2) is 0 Å². The highest BCUT2D eigenvalue weighted by Crippen LogP contribution is 2.55. The van der Waals surface area contributed by atoms with E-state index in [4.69, 9.17) is 0 Å². The molecule has 0 aromatic rings. The van der Waals surface area contributed by atoms with Crippen molar-refractivity contribution in [2.45, 2.75) is 67.2 Å². The van der Waals surface area contributed by atoms with Crippen molar-refractivity contribution in [3.05, 3.63) is 0 Å². The molecular weight excluding hydrogens is 168 g/mol. The molecule has 1 rings (SSSR count). The lowest BCUT2D eigenvalue weighted by Crippen LogP contribution is -2.43. The molecule has 1 aliphatic carbocycles. The molecule has 0 unspecified atom stereocenters. The molecule has 1 fully saturated rings. The third-order valence-electron chi connectivity index (χ3n) is 4.77. The maximum atomic E-state index is 2.43. The molecule has 0 aromatic heterocycles. The van der Waals surface area contributed by atoms with Crippen LogP contribution < -0.4 is 0 Å². The minimum Gasteiger partial charge on any atom is -0.0625 e. The molecule has 0 aromatic carbocycles. The Kier molecular flexibility index (Phi) is 3.33. The van der Waals surface area contributed by atoms with Crippen LogP contribution in [0, 0.1) is 22.7 Å². The Balaban J connectivity index is 2.84. The van der Waals surface area contributed by atoms with Gasteiger partial charge in [-0.1, -0.05) is 54.4 Å². The van der Waals surface area contributed by atoms with Gasteiger partial charge in [0, 0.05) is 0 Å². The zero-order chi connectivity index (χ0) is 11.0. The van der Waals surface area contributed by atoms with E-state index in [2.05, 4.69) is 41.5 Å². The number of hydrogen-bond acceptors (Lipinski definition) is 0. The maximum Gasteiger partial charge on any atom is -0.0226 e. The molecule has 0 radical (unpaired) electrons. The Morgan fingerprint density at radius 1 is 1.07 bits per heavy atom. The minimum absolute atomic E-state index is 0.474. The average molecular weight is 196 g/mol. The Labute approximate surface area is 90.5 Å². The molecule has 0 heterocycles. The quantitative estimate of drug-likeness (QED) is 0.560. The predicted molar refractivity (Wildman–Crippen MR) is 64.4 cm³/mol. The fourth-order valence-corrected chi connectivity index (χ4v) is 3.47. The molecular formula is C14H28. The zero-order valence-corrected chi connectivity index (χ0v) is 11.0. The molecule has 0 nitrogen and oxygen atoms in total. The van der Waals surface area contributed by atoms with Crippen LogP contribution in [0.15, 0.2) is 0 Å². The van der Waals surface area contributed by atoms with Gasteiger partial charge in [-0.05, 0) is 35.5 Å². The molecule has 0 spiro atoms. The smallest absolute Gasteiger partial charge is 0.0226 e. The van der Waals surface area contributed by atoms with Crippen molar-refractivity contribution in [3.63, 3.8) is 0 Å². The standard InChI is InChI=1S/C14H28/c1-11(2)14(13(4,5)6)9-7-12(3)8-10-14/h11-12H,7-10H2,1-6H3. The highest BCUT2D eigenvalue weighted by molar-refractivity contribution is 4.95. The van der Waals surface area contributed by atoms with Gasteiger partial charge in [-0.2, -0.15) is 0 Å². The van der Waals surface area contributed by atoms with Crippen LogP contribution in [0.25, 0.3) is 0 Å². The van der Waals surface area contributed by atoms with Gasteiger partial charge in [0.05, 0.1) is 0 Å². The predicted octanol–water partition coefficient (Wildman–Crippen LogP) is 4.89.